The molecule has 0 aliphatic heterocycles. The summed E-state index contributed by atoms with van der Waals surface area (Å²) in [7, 11) is 0. The van der Waals surface area contributed by atoms with Gasteiger partial charge in [0.15, 0.2) is 0 Å². The van der Waals surface area contributed by atoms with Crippen LogP contribution in [0.15, 0.2) is 52.0 Å². The molecule has 9 heteroatoms. The normalized spacial score (nSPS) is 10.2. The van der Waals surface area contributed by atoms with Crippen molar-refractivity contribution in [2.24, 2.45) is 0 Å². The number of carbonyl (C=O) groups is 2. The van der Waals surface area contributed by atoms with Crippen molar-refractivity contribution < 1.29 is 18.4 Å². The quantitative estimate of drug-likeness (QED) is 0.749. The summed E-state index contributed by atoms with van der Waals surface area (Å²) >= 11 is 0. The van der Waals surface area contributed by atoms with Crippen LogP contribution in [-0.4, -0.2) is 26.8 Å². The van der Waals surface area contributed by atoms with E-state index in [9.17, 15) is 9.59 Å². The van der Waals surface area contributed by atoms with Crippen LogP contribution in [0.2, 0.25) is 0 Å². The minimum atomic E-state index is -0.548. The average molecular weight is 299 g/mol. The number of nitrogens with one attached hydrogen (secondary N) is 2. The molecule has 0 radical (unpaired) electrons. The van der Waals surface area contributed by atoms with Gasteiger partial charge in [-0.2, -0.15) is 0 Å². The number of nitrogens with zero attached hydrogens (tertiary/aromatic N) is 3. The van der Waals surface area contributed by atoms with E-state index < -0.39 is 11.8 Å². The highest BCUT2D eigenvalue weighted by atomic mass is 16.4. The molecule has 3 aromatic rings. The number of anilines is 2. The summed E-state index contributed by atoms with van der Waals surface area (Å²) in [5.74, 6) is -0.809. The first-order valence-corrected chi connectivity index (χ1v) is 6.11. The van der Waals surface area contributed by atoms with E-state index >= 15 is 0 Å². The van der Waals surface area contributed by atoms with Crippen molar-refractivity contribution in [1.29, 1.82) is 0 Å². The van der Waals surface area contributed by atoms with Gasteiger partial charge in [-0.05, 0) is 12.1 Å². The summed E-state index contributed by atoms with van der Waals surface area (Å²) < 4.78 is 9.74. The second-order valence-corrected chi connectivity index (χ2v) is 3.99. The van der Waals surface area contributed by atoms with E-state index in [1.165, 1.54) is 24.9 Å². The van der Waals surface area contributed by atoms with E-state index in [1.807, 2.05) is 0 Å². The molecule has 0 bridgehead atoms. The van der Waals surface area contributed by atoms with E-state index in [0.717, 1.165) is 0 Å². The lowest BCUT2D eigenvalue weighted by molar-refractivity contribution is 0.0984. The van der Waals surface area contributed by atoms with Crippen LogP contribution >= 0.6 is 0 Å². The highest BCUT2D eigenvalue weighted by Crippen LogP contribution is 2.11. The number of pyridine rings is 1. The van der Waals surface area contributed by atoms with Gasteiger partial charge in [-0.25, -0.2) is 15.0 Å². The second-order valence-electron chi connectivity index (χ2n) is 3.99. The fourth-order valence-corrected chi connectivity index (χ4v) is 1.58. The first-order valence-electron chi connectivity index (χ1n) is 6.11. The highest BCUT2D eigenvalue weighted by Gasteiger charge is 2.14. The molecule has 0 spiro atoms. The van der Waals surface area contributed by atoms with Crippen LogP contribution in [-0.2, 0) is 0 Å². The van der Waals surface area contributed by atoms with Gasteiger partial charge in [0.25, 0.3) is 11.8 Å². The van der Waals surface area contributed by atoms with Crippen LogP contribution in [0.25, 0.3) is 0 Å². The third-order valence-corrected chi connectivity index (χ3v) is 2.49. The van der Waals surface area contributed by atoms with Crippen LogP contribution < -0.4 is 10.6 Å². The Morgan fingerprint density at radius 2 is 1.36 bits per heavy atom. The Bertz CT molecular complexity index is 719. The molecule has 110 valence electrons. The monoisotopic (exact) mass is 299 g/mol. The molecule has 9 nitrogen and oxygen atoms in total. The van der Waals surface area contributed by atoms with E-state index in [-0.39, 0.29) is 23.4 Å². The molecule has 2 amide bonds. The summed E-state index contributed by atoms with van der Waals surface area (Å²) in [6, 6.07) is 4.73. The van der Waals surface area contributed by atoms with Gasteiger partial charge < -0.3 is 19.5 Å². The maximum absolute atomic E-state index is 11.8. The zero-order chi connectivity index (χ0) is 15.4. The molecule has 0 unspecified atom stereocenters. The maximum Gasteiger partial charge on any atom is 0.312 e. The first kappa shape index (κ1) is 13.5. The number of carbonyl (C=O) groups excluding carboxylic acids is 2. The minimum absolute atomic E-state index is 0.0870. The molecule has 0 aromatic carbocycles. The molecule has 3 heterocycles. The van der Waals surface area contributed by atoms with Crippen molar-refractivity contribution >= 4 is 23.5 Å². The molecule has 0 saturated carbocycles. The SMILES string of the molecule is O=C(Nc1cccc(NC(=O)c2ncco2)n1)c1ncco1. The third-order valence-electron chi connectivity index (χ3n) is 2.49. The molecular formula is C13H9N5O4. The van der Waals surface area contributed by atoms with E-state index in [0.29, 0.717) is 0 Å². The molecular weight excluding hydrogens is 290 g/mol. The van der Waals surface area contributed by atoms with Gasteiger partial charge in [0.1, 0.15) is 24.2 Å². The van der Waals surface area contributed by atoms with Crippen LogP contribution in [0.3, 0.4) is 0 Å². The van der Waals surface area contributed by atoms with E-state index in [4.69, 9.17) is 8.83 Å². The Kier molecular flexibility index (Phi) is 3.60. The van der Waals surface area contributed by atoms with E-state index in [2.05, 4.69) is 25.6 Å². The van der Waals surface area contributed by atoms with Gasteiger partial charge >= 0.3 is 11.8 Å². The van der Waals surface area contributed by atoms with Crippen molar-refractivity contribution in [2.75, 3.05) is 10.6 Å². The van der Waals surface area contributed by atoms with Crippen molar-refractivity contribution in [3.8, 4) is 0 Å². The van der Waals surface area contributed by atoms with Crippen molar-refractivity contribution in [2.45, 2.75) is 0 Å². The zero-order valence-corrected chi connectivity index (χ0v) is 11.0. The third kappa shape index (κ3) is 2.98. The summed E-state index contributed by atoms with van der Waals surface area (Å²) in [4.78, 5) is 35.1. The molecule has 0 fully saturated rings. The van der Waals surface area contributed by atoms with Gasteiger partial charge in [0, 0.05) is 0 Å². The van der Waals surface area contributed by atoms with Crippen LogP contribution in [0.1, 0.15) is 21.4 Å². The molecule has 0 aliphatic rings. The summed E-state index contributed by atoms with van der Waals surface area (Å²) in [5, 5.41) is 4.99. The largest absolute Gasteiger partial charge is 0.441 e. The second kappa shape index (κ2) is 5.87. The summed E-state index contributed by atoms with van der Waals surface area (Å²) in [6.07, 6.45) is 5.29. The predicted octanol–water partition coefficient (Wildman–Crippen LogP) is 1.56. The van der Waals surface area contributed by atoms with Gasteiger partial charge in [-0.1, -0.05) is 6.07 Å². The molecule has 3 rings (SSSR count). The standard InChI is InChI=1S/C13H9N5O4/c19-10(12-14-4-6-21-12)17-8-2-1-3-9(16-8)18-11(20)13-15-5-7-22-13/h1-7H,(H2,16,17,18,19,20). The Balaban J connectivity index is 1.70. The smallest absolute Gasteiger partial charge is 0.312 e. The number of hydrogen-bond donors (Lipinski definition) is 2. The highest BCUT2D eigenvalue weighted by molar-refractivity contribution is 6.01. The summed E-state index contributed by atoms with van der Waals surface area (Å²) in [5.41, 5.74) is 0. The molecule has 0 aliphatic carbocycles. The Morgan fingerprint density at radius 1 is 0.864 bits per heavy atom. The van der Waals surface area contributed by atoms with Crippen LogP contribution in [0, 0.1) is 0 Å². The molecule has 3 aromatic heterocycles. The van der Waals surface area contributed by atoms with Crippen molar-refractivity contribution in [3.05, 3.63) is 54.9 Å². The number of aromatic nitrogens is 3. The summed E-state index contributed by atoms with van der Waals surface area (Å²) in [6.45, 7) is 0. The van der Waals surface area contributed by atoms with Crippen molar-refractivity contribution in [1.82, 2.24) is 15.0 Å². The Labute approximate surface area is 123 Å². The van der Waals surface area contributed by atoms with Crippen LogP contribution in [0.4, 0.5) is 11.6 Å². The van der Waals surface area contributed by atoms with Gasteiger partial charge in [0.05, 0.1) is 12.4 Å². The topological polar surface area (TPSA) is 123 Å². The fourth-order valence-electron chi connectivity index (χ4n) is 1.58. The van der Waals surface area contributed by atoms with E-state index in [1.54, 1.807) is 18.2 Å². The molecule has 0 atom stereocenters. The van der Waals surface area contributed by atoms with Gasteiger partial charge in [-0.15, -0.1) is 0 Å². The zero-order valence-electron chi connectivity index (χ0n) is 11.0. The number of rotatable bonds is 4. The molecule has 22 heavy (non-hydrogen) atoms. The average Bonchev–Trinajstić information content (AvgIpc) is 3.21. The Hall–Kier alpha value is -3.49. The first-order chi connectivity index (χ1) is 10.7. The minimum Gasteiger partial charge on any atom is -0.441 e. The fraction of sp³-hybridized carbons (Fsp3) is 0. The molecule has 0 saturated heterocycles. The van der Waals surface area contributed by atoms with Gasteiger partial charge in [-0.3, -0.25) is 9.59 Å². The van der Waals surface area contributed by atoms with Gasteiger partial charge in [0.2, 0.25) is 0 Å². The van der Waals surface area contributed by atoms with Crippen LogP contribution in [0.5, 0.6) is 0 Å². The van der Waals surface area contributed by atoms with Crippen molar-refractivity contribution in [3.63, 3.8) is 0 Å². The lowest BCUT2D eigenvalue weighted by atomic mass is 10.4. The number of hydrogen-bond acceptors (Lipinski definition) is 7. The Morgan fingerprint density at radius 3 is 1.77 bits per heavy atom. The predicted molar refractivity (Wildman–Crippen MR) is 73.1 cm³/mol. The lowest BCUT2D eigenvalue weighted by Gasteiger charge is -2.05. The molecule has 2 N–H and O–H groups in total. The lowest BCUT2D eigenvalue weighted by Crippen LogP contribution is -2.16. The number of amides is 2. The number of oxazole rings is 2. The maximum atomic E-state index is 11.8.